The summed E-state index contributed by atoms with van der Waals surface area (Å²) >= 11 is 0. The standard InChI is InChI=1S/C33H43N3O7/c1-21(2)35-18-10-5-9-15-25(38)34-22(3)28(23-13-7-4-8-14-23)42-32(41)26-24-16-17-33(43-24)27(26)30(39)36(29(33)31(35)40)19-11-6-12-20-37/h4-5,7-8,10,13-14,16-17,21-22,24,26-29,37H,6,9,11-12,15,18-20H2,1-3H3,(H,34,38)/b10-5-/t22-,24+,26-,27-,28+,29+,33-/m0/s1. The number of hydrogen-bond donors (Lipinski definition) is 2. The smallest absolute Gasteiger partial charge is 0.313 e. The number of ether oxygens (including phenoxy) is 2. The van der Waals surface area contributed by atoms with Gasteiger partial charge in [0.15, 0.2) is 0 Å². The van der Waals surface area contributed by atoms with E-state index in [-0.39, 0.29) is 36.8 Å². The van der Waals surface area contributed by atoms with Gasteiger partial charge in [-0.2, -0.15) is 0 Å². The molecule has 4 aliphatic rings. The average molecular weight is 594 g/mol. The van der Waals surface area contributed by atoms with Crippen LogP contribution in [0.25, 0.3) is 0 Å². The fraction of sp³-hybridized carbons (Fsp3) is 0.576. The molecule has 4 aliphatic heterocycles. The molecule has 0 radical (unpaired) electrons. The first kappa shape index (κ1) is 30.9. The molecule has 7 atom stereocenters. The number of aliphatic hydroxyl groups is 1. The number of carbonyl (C=O) groups is 4. The molecule has 4 heterocycles. The Labute approximate surface area is 253 Å². The fourth-order valence-corrected chi connectivity index (χ4v) is 6.97. The number of aliphatic hydroxyl groups excluding tert-OH is 1. The van der Waals surface area contributed by atoms with Crippen LogP contribution >= 0.6 is 0 Å². The Kier molecular flexibility index (Phi) is 9.36. The Morgan fingerprint density at radius 2 is 1.81 bits per heavy atom. The normalized spacial score (nSPS) is 33.6. The Hall–Kier alpha value is -3.50. The summed E-state index contributed by atoms with van der Waals surface area (Å²) in [5.41, 5.74) is -0.563. The topological polar surface area (TPSA) is 125 Å². The molecular weight excluding hydrogens is 550 g/mol. The van der Waals surface area contributed by atoms with Gasteiger partial charge in [-0.05, 0) is 52.0 Å². The highest BCUT2D eigenvalue weighted by atomic mass is 16.6. The molecule has 5 rings (SSSR count). The maximum Gasteiger partial charge on any atom is 0.313 e. The number of likely N-dealkylation sites (tertiary alicyclic amines) is 1. The number of allylic oxidation sites excluding steroid dienone is 1. The highest BCUT2D eigenvalue weighted by molar-refractivity contribution is 5.99. The number of nitrogens with zero attached hydrogens (tertiary/aromatic N) is 2. The number of amides is 3. The number of nitrogens with one attached hydrogen (secondary N) is 1. The lowest BCUT2D eigenvalue weighted by Crippen LogP contribution is -2.57. The van der Waals surface area contributed by atoms with Crippen molar-refractivity contribution in [3.63, 3.8) is 0 Å². The predicted molar refractivity (Wildman–Crippen MR) is 158 cm³/mol. The average Bonchev–Trinajstić information content (AvgIpc) is 3.62. The summed E-state index contributed by atoms with van der Waals surface area (Å²) < 4.78 is 12.6. The molecule has 1 aromatic carbocycles. The van der Waals surface area contributed by atoms with Crippen LogP contribution in [0, 0.1) is 11.8 Å². The minimum absolute atomic E-state index is 0.0548. The van der Waals surface area contributed by atoms with Gasteiger partial charge in [0.1, 0.15) is 23.7 Å². The Balaban J connectivity index is 1.55. The minimum Gasteiger partial charge on any atom is -0.455 e. The summed E-state index contributed by atoms with van der Waals surface area (Å²) in [7, 11) is 0. The van der Waals surface area contributed by atoms with Gasteiger partial charge < -0.3 is 29.7 Å². The Bertz CT molecular complexity index is 1260. The third-order valence-corrected chi connectivity index (χ3v) is 9.06. The second kappa shape index (κ2) is 13.0. The van der Waals surface area contributed by atoms with Gasteiger partial charge in [-0.3, -0.25) is 19.2 Å². The third kappa shape index (κ3) is 5.87. The van der Waals surface area contributed by atoms with Crippen LogP contribution < -0.4 is 5.32 Å². The van der Waals surface area contributed by atoms with E-state index >= 15 is 0 Å². The number of esters is 1. The quantitative estimate of drug-likeness (QED) is 0.283. The molecule has 3 amide bonds. The summed E-state index contributed by atoms with van der Waals surface area (Å²) in [5, 5.41) is 12.3. The molecule has 0 aliphatic carbocycles. The highest BCUT2D eigenvalue weighted by Crippen LogP contribution is 2.56. The van der Waals surface area contributed by atoms with Gasteiger partial charge in [0.2, 0.25) is 17.7 Å². The van der Waals surface area contributed by atoms with E-state index in [1.165, 1.54) is 0 Å². The second-order valence-corrected chi connectivity index (χ2v) is 12.2. The molecule has 10 nitrogen and oxygen atoms in total. The first-order valence-corrected chi connectivity index (χ1v) is 15.5. The highest BCUT2D eigenvalue weighted by Gasteiger charge is 2.73. The van der Waals surface area contributed by atoms with Gasteiger partial charge in [0.05, 0.1) is 18.1 Å². The van der Waals surface area contributed by atoms with Crippen LogP contribution in [0.5, 0.6) is 0 Å². The number of hydrogen-bond acceptors (Lipinski definition) is 7. The van der Waals surface area contributed by atoms with Gasteiger partial charge in [0.25, 0.3) is 0 Å². The molecule has 43 heavy (non-hydrogen) atoms. The van der Waals surface area contributed by atoms with Crippen molar-refractivity contribution in [2.45, 2.75) is 88.8 Å². The molecule has 232 valence electrons. The lowest BCUT2D eigenvalue weighted by molar-refractivity contribution is -0.161. The molecule has 2 fully saturated rings. The largest absolute Gasteiger partial charge is 0.455 e. The molecule has 0 saturated carbocycles. The van der Waals surface area contributed by atoms with Crippen LogP contribution in [-0.2, 0) is 28.7 Å². The molecule has 2 N–H and O–H groups in total. The molecule has 1 aromatic rings. The lowest BCUT2D eigenvalue weighted by Gasteiger charge is -2.37. The maximum atomic E-state index is 14.4. The summed E-state index contributed by atoms with van der Waals surface area (Å²) in [4.78, 5) is 58.8. The first-order valence-electron chi connectivity index (χ1n) is 15.5. The molecule has 2 saturated heterocycles. The molecule has 5 bridgehead atoms. The van der Waals surface area contributed by atoms with Crippen molar-refractivity contribution in [1.82, 2.24) is 15.1 Å². The van der Waals surface area contributed by atoms with Gasteiger partial charge in [-0.1, -0.05) is 54.6 Å². The summed E-state index contributed by atoms with van der Waals surface area (Å²) in [6, 6.07) is 7.60. The van der Waals surface area contributed by atoms with E-state index < -0.39 is 47.7 Å². The number of fused-ring (bicyclic) bond motifs is 2. The molecule has 0 unspecified atom stereocenters. The van der Waals surface area contributed by atoms with Crippen LogP contribution in [-0.4, -0.2) is 88.1 Å². The summed E-state index contributed by atoms with van der Waals surface area (Å²) in [6.07, 6.45) is 8.49. The zero-order valence-electron chi connectivity index (χ0n) is 25.2. The van der Waals surface area contributed by atoms with Crippen molar-refractivity contribution in [2.24, 2.45) is 11.8 Å². The molecule has 10 heteroatoms. The second-order valence-electron chi connectivity index (χ2n) is 12.2. The van der Waals surface area contributed by atoms with Crippen molar-refractivity contribution in [2.75, 3.05) is 19.7 Å². The van der Waals surface area contributed by atoms with E-state index in [2.05, 4.69) is 5.32 Å². The number of cyclic esters (lactones) is 1. The number of carbonyl (C=O) groups excluding carboxylic acids is 4. The van der Waals surface area contributed by atoms with Gasteiger partial charge in [0, 0.05) is 32.2 Å². The van der Waals surface area contributed by atoms with E-state index in [0.717, 1.165) is 5.56 Å². The Morgan fingerprint density at radius 1 is 1.05 bits per heavy atom. The van der Waals surface area contributed by atoms with Gasteiger partial charge >= 0.3 is 5.97 Å². The molecule has 1 spiro atoms. The molecular formula is C33H43N3O7. The van der Waals surface area contributed by atoms with Crippen molar-refractivity contribution < 1.29 is 33.8 Å². The third-order valence-electron chi connectivity index (χ3n) is 9.06. The zero-order valence-corrected chi connectivity index (χ0v) is 25.2. The number of rotatable bonds is 7. The first-order chi connectivity index (χ1) is 20.7. The van der Waals surface area contributed by atoms with E-state index in [9.17, 15) is 24.3 Å². The van der Waals surface area contributed by atoms with E-state index in [1.807, 2.05) is 56.3 Å². The van der Waals surface area contributed by atoms with E-state index in [1.54, 1.807) is 28.9 Å². The van der Waals surface area contributed by atoms with Crippen LogP contribution in [0.4, 0.5) is 0 Å². The summed E-state index contributed by atoms with van der Waals surface area (Å²) in [5.74, 6) is -3.16. The number of unbranched alkanes of at least 4 members (excludes halogenated alkanes) is 2. The van der Waals surface area contributed by atoms with E-state index in [4.69, 9.17) is 9.47 Å². The van der Waals surface area contributed by atoms with Crippen molar-refractivity contribution in [3.8, 4) is 0 Å². The van der Waals surface area contributed by atoms with Crippen LogP contribution in [0.15, 0.2) is 54.6 Å². The fourth-order valence-electron chi connectivity index (χ4n) is 6.97. The van der Waals surface area contributed by atoms with Crippen LogP contribution in [0.3, 0.4) is 0 Å². The van der Waals surface area contributed by atoms with Crippen LogP contribution in [0.1, 0.15) is 64.5 Å². The predicted octanol–water partition coefficient (Wildman–Crippen LogP) is 2.68. The van der Waals surface area contributed by atoms with Crippen LogP contribution in [0.2, 0.25) is 0 Å². The van der Waals surface area contributed by atoms with E-state index in [0.29, 0.717) is 38.8 Å². The summed E-state index contributed by atoms with van der Waals surface area (Å²) in [6.45, 7) is 6.33. The zero-order chi connectivity index (χ0) is 30.7. The van der Waals surface area contributed by atoms with Crippen molar-refractivity contribution >= 4 is 23.7 Å². The maximum absolute atomic E-state index is 14.4. The lowest BCUT2D eigenvalue weighted by atomic mass is 9.74. The van der Waals surface area contributed by atoms with Crippen molar-refractivity contribution in [3.05, 3.63) is 60.2 Å². The molecule has 0 aromatic heterocycles. The minimum atomic E-state index is -1.29. The number of benzene rings is 1. The van der Waals surface area contributed by atoms with Gasteiger partial charge in [-0.15, -0.1) is 0 Å². The van der Waals surface area contributed by atoms with Gasteiger partial charge in [-0.25, -0.2) is 0 Å². The monoisotopic (exact) mass is 593 g/mol. The van der Waals surface area contributed by atoms with Crippen molar-refractivity contribution in [1.29, 1.82) is 0 Å². The SMILES string of the molecule is CC(C)N1C/C=C\CCC(=O)N[C@@H](C)[C@H](c2ccccc2)OC(=O)[C@@H]2[C@H]3C(=O)N(CCCCCO)[C@H](C1=O)[C@]31C=C[C@H]2O1. The Morgan fingerprint density at radius 3 is 2.53 bits per heavy atom.